The molecule has 2 aliphatic rings. The van der Waals surface area contributed by atoms with Crippen LogP contribution >= 0.6 is 0 Å². The van der Waals surface area contributed by atoms with Crippen molar-refractivity contribution < 1.29 is 4.74 Å². The molecule has 2 nitrogen and oxygen atoms in total. The third-order valence-corrected chi connectivity index (χ3v) is 4.44. The number of hydrogen-bond acceptors (Lipinski definition) is 2. The maximum atomic E-state index is 6.01. The molecule has 0 aromatic rings. The summed E-state index contributed by atoms with van der Waals surface area (Å²) in [6, 6.07) is 0.619. The van der Waals surface area contributed by atoms with E-state index in [1.165, 1.54) is 38.5 Å². The lowest BCUT2D eigenvalue weighted by Crippen LogP contribution is -2.50. The van der Waals surface area contributed by atoms with Crippen molar-refractivity contribution in [2.24, 2.45) is 5.92 Å². The second-order valence-corrected chi connectivity index (χ2v) is 5.72. The van der Waals surface area contributed by atoms with Crippen molar-refractivity contribution in [3.8, 4) is 0 Å². The van der Waals surface area contributed by atoms with Crippen molar-refractivity contribution in [2.75, 3.05) is 13.2 Å². The van der Waals surface area contributed by atoms with Crippen molar-refractivity contribution >= 4 is 0 Å². The lowest BCUT2D eigenvalue weighted by Gasteiger charge is -2.49. The molecule has 17 heavy (non-hydrogen) atoms. The van der Waals surface area contributed by atoms with E-state index in [1.54, 1.807) is 0 Å². The van der Waals surface area contributed by atoms with Crippen LogP contribution in [0.3, 0.4) is 0 Å². The molecular weight excluding hydrogens is 210 g/mol. The minimum absolute atomic E-state index is 0.274. The van der Waals surface area contributed by atoms with Gasteiger partial charge in [-0.25, -0.2) is 0 Å². The van der Waals surface area contributed by atoms with E-state index in [2.05, 4.69) is 24.9 Å². The Bertz CT molecular complexity index is 247. The molecule has 98 valence electrons. The average Bonchev–Trinajstić information content (AvgIpc) is 2.33. The van der Waals surface area contributed by atoms with Crippen molar-refractivity contribution in [1.29, 1.82) is 0 Å². The first-order valence-electron chi connectivity index (χ1n) is 7.28. The Kier molecular flexibility index (Phi) is 4.63. The minimum atomic E-state index is 0.274. The van der Waals surface area contributed by atoms with E-state index in [0.29, 0.717) is 6.04 Å². The molecule has 1 aliphatic carbocycles. The van der Waals surface area contributed by atoms with Crippen LogP contribution in [0.1, 0.15) is 51.9 Å². The molecule has 2 rings (SSSR count). The van der Waals surface area contributed by atoms with E-state index >= 15 is 0 Å². The fourth-order valence-electron chi connectivity index (χ4n) is 3.28. The molecule has 0 aromatic carbocycles. The maximum absolute atomic E-state index is 6.01. The largest absolute Gasteiger partial charge is 0.375 e. The van der Waals surface area contributed by atoms with Gasteiger partial charge in [-0.15, -0.1) is 6.58 Å². The maximum Gasteiger partial charge on any atom is 0.0685 e. The summed E-state index contributed by atoms with van der Waals surface area (Å²) in [5, 5.41) is 3.70. The van der Waals surface area contributed by atoms with Gasteiger partial charge >= 0.3 is 0 Å². The van der Waals surface area contributed by atoms with Crippen LogP contribution in [-0.2, 0) is 4.74 Å². The number of rotatable bonds is 6. The van der Waals surface area contributed by atoms with Gasteiger partial charge in [-0.3, -0.25) is 0 Å². The Morgan fingerprint density at radius 3 is 2.94 bits per heavy atom. The Morgan fingerprint density at radius 2 is 2.35 bits per heavy atom. The summed E-state index contributed by atoms with van der Waals surface area (Å²) in [5.41, 5.74) is 0.274. The van der Waals surface area contributed by atoms with Crippen LogP contribution in [0, 0.1) is 5.92 Å². The Labute approximate surface area is 106 Å². The molecule has 0 bridgehead atoms. The molecule has 1 saturated carbocycles. The topological polar surface area (TPSA) is 21.3 Å². The van der Waals surface area contributed by atoms with Crippen molar-refractivity contribution in [2.45, 2.75) is 63.5 Å². The molecule has 2 atom stereocenters. The van der Waals surface area contributed by atoms with Gasteiger partial charge in [0.2, 0.25) is 0 Å². The third-order valence-electron chi connectivity index (χ3n) is 4.44. The number of nitrogens with one attached hydrogen (secondary N) is 1. The molecule has 2 fully saturated rings. The quantitative estimate of drug-likeness (QED) is 0.716. The highest BCUT2D eigenvalue weighted by Gasteiger charge is 2.43. The van der Waals surface area contributed by atoms with Gasteiger partial charge in [-0.1, -0.05) is 13.0 Å². The lowest BCUT2D eigenvalue weighted by atomic mass is 9.70. The van der Waals surface area contributed by atoms with Crippen LogP contribution in [0.5, 0.6) is 0 Å². The second-order valence-electron chi connectivity index (χ2n) is 5.72. The van der Waals surface area contributed by atoms with Crippen LogP contribution in [0.4, 0.5) is 0 Å². The fourth-order valence-corrected chi connectivity index (χ4v) is 3.28. The molecule has 0 aromatic heterocycles. The highest BCUT2D eigenvalue weighted by atomic mass is 16.5. The van der Waals surface area contributed by atoms with Gasteiger partial charge in [0.15, 0.2) is 0 Å². The van der Waals surface area contributed by atoms with Gasteiger partial charge < -0.3 is 10.1 Å². The monoisotopic (exact) mass is 237 g/mol. The zero-order chi connectivity index (χ0) is 12.1. The lowest BCUT2D eigenvalue weighted by molar-refractivity contribution is -0.147. The van der Waals surface area contributed by atoms with E-state index < -0.39 is 0 Å². The molecule has 0 amide bonds. The van der Waals surface area contributed by atoms with Crippen molar-refractivity contribution in [3.05, 3.63) is 12.7 Å². The van der Waals surface area contributed by atoms with Crippen LogP contribution in [0.25, 0.3) is 0 Å². The van der Waals surface area contributed by atoms with Crippen LogP contribution < -0.4 is 5.32 Å². The zero-order valence-corrected chi connectivity index (χ0v) is 11.2. The molecule has 0 radical (unpaired) electrons. The normalized spacial score (nSPS) is 28.6. The van der Waals surface area contributed by atoms with E-state index in [0.717, 1.165) is 25.5 Å². The van der Waals surface area contributed by atoms with E-state index in [4.69, 9.17) is 4.74 Å². The zero-order valence-electron chi connectivity index (χ0n) is 11.2. The fraction of sp³-hybridized carbons (Fsp3) is 0.867. The van der Waals surface area contributed by atoms with Crippen LogP contribution in [0.15, 0.2) is 12.7 Å². The second kappa shape index (κ2) is 6.01. The Hall–Kier alpha value is -0.340. The predicted octanol–water partition coefficient (Wildman–Crippen LogP) is 3.28. The van der Waals surface area contributed by atoms with Crippen LogP contribution in [0.2, 0.25) is 0 Å². The number of hydrogen-bond donors (Lipinski definition) is 1. The first-order valence-corrected chi connectivity index (χ1v) is 7.28. The highest BCUT2D eigenvalue weighted by Crippen LogP contribution is 2.45. The molecular formula is C15H27NO. The Balaban J connectivity index is 1.89. The van der Waals surface area contributed by atoms with E-state index in [-0.39, 0.29) is 5.60 Å². The summed E-state index contributed by atoms with van der Waals surface area (Å²) < 4.78 is 6.01. The van der Waals surface area contributed by atoms with Gasteiger partial charge in [0.05, 0.1) is 5.60 Å². The average molecular weight is 237 g/mol. The molecule has 1 heterocycles. The third kappa shape index (κ3) is 3.11. The SMILES string of the molecule is C=CCC(NCCC)C1CCOC2(CCC2)C1. The van der Waals surface area contributed by atoms with Gasteiger partial charge in [0.1, 0.15) is 0 Å². The van der Waals surface area contributed by atoms with Gasteiger partial charge in [0, 0.05) is 12.6 Å². The summed E-state index contributed by atoms with van der Waals surface area (Å²) in [6.07, 6.45) is 10.8. The van der Waals surface area contributed by atoms with Crippen molar-refractivity contribution in [3.63, 3.8) is 0 Å². The summed E-state index contributed by atoms with van der Waals surface area (Å²) in [7, 11) is 0. The smallest absolute Gasteiger partial charge is 0.0685 e. The number of ether oxygens (including phenoxy) is 1. The highest BCUT2D eigenvalue weighted by molar-refractivity contribution is 4.97. The standard InChI is InChI=1S/C15H27NO/c1-3-6-14(16-10-4-2)13-7-11-17-15(12-13)8-5-9-15/h3,13-14,16H,1,4-12H2,2H3. The van der Waals surface area contributed by atoms with E-state index in [9.17, 15) is 0 Å². The molecule has 2 heteroatoms. The first kappa shape index (κ1) is 13.1. The van der Waals surface area contributed by atoms with Crippen LogP contribution in [-0.4, -0.2) is 24.8 Å². The molecule has 1 saturated heterocycles. The summed E-state index contributed by atoms with van der Waals surface area (Å²) in [4.78, 5) is 0. The molecule has 1 aliphatic heterocycles. The molecule has 2 unspecified atom stereocenters. The van der Waals surface area contributed by atoms with E-state index in [1.807, 2.05) is 0 Å². The van der Waals surface area contributed by atoms with Gasteiger partial charge in [-0.2, -0.15) is 0 Å². The van der Waals surface area contributed by atoms with Gasteiger partial charge in [0.25, 0.3) is 0 Å². The first-order chi connectivity index (χ1) is 8.29. The summed E-state index contributed by atoms with van der Waals surface area (Å²) in [5.74, 6) is 0.786. The van der Waals surface area contributed by atoms with Gasteiger partial charge in [-0.05, 0) is 57.4 Å². The Morgan fingerprint density at radius 1 is 1.53 bits per heavy atom. The molecule has 1 N–H and O–H groups in total. The molecule has 1 spiro atoms. The minimum Gasteiger partial charge on any atom is -0.375 e. The summed E-state index contributed by atoms with van der Waals surface area (Å²) >= 11 is 0. The summed E-state index contributed by atoms with van der Waals surface area (Å²) in [6.45, 7) is 8.23. The predicted molar refractivity (Wildman–Crippen MR) is 72.2 cm³/mol. The van der Waals surface area contributed by atoms with Crippen molar-refractivity contribution in [1.82, 2.24) is 5.32 Å².